The second-order valence-corrected chi connectivity index (χ2v) is 3.30. The number of ether oxygens (including phenoxy) is 2. The third-order valence-corrected chi connectivity index (χ3v) is 2.46. The predicted molar refractivity (Wildman–Crippen MR) is 49.8 cm³/mol. The van der Waals surface area contributed by atoms with Gasteiger partial charge in [0.15, 0.2) is 11.5 Å². The van der Waals surface area contributed by atoms with Crippen molar-refractivity contribution in [2.45, 2.75) is 6.42 Å². The second-order valence-electron chi connectivity index (χ2n) is 3.30. The van der Waals surface area contributed by atoms with Crippen LogP contribution in [0.4, 0.5) is 0 Å². The van der Waals surface area contributed by atoms with Gasteiger partial charge in [0.1, 0.15) is 8.45 Å². The summed E-state index contributed by atoms with van der Waals surface area (Å²) in [4.78, 5) is 11.7. The second kappa shape index (κ2) is 2.73. The van der Waals surface area contributed by atoms with E-state index in [4.69, 9.17) is 17.4 Å². The van der Waals surface area contributed by atoms with Crippen molar-refractivity contribution in [3.05, 3.63) is 23.3 Å². The summed E-state index contributed by atoms with van der Waals surface area (Å²) in [6.45, 7) is -2.20. The van der Waals surface area contributed by atoms with Crippen LogP contribution in [-0.2, 0) is 6.42 Å². The highest BCUT2D eigenvalue weighted by molar-refractivity contribution is 6.49. The first-order valence-electron chi connectivity index (χ1n) is 5.31. The van der Waals surface area contributed by atoms with E-state index >= 15 is 0 Å². The fraction of sp³-hybridized carbons (Fsp3) is 0.200. The van der Waals surface area contributed by atoms with Crippen LogP contribution in [0.1, 0.15) is 18.7 Å². The minimum absolute atomic E-state index is 0.0617. The van der Waals surface area contributed by atoms with Crippen molar-refractivity contribution in [1.82, 2.24) is 0 Å². The number of carbonyl (C=O) groups excluding carboxylic acids is 1. The molecule has 3 rings (SSSR count). The molecular formula is C10H7NO4. The molecule has 0 atom stereocenters. The van der Waals surface area contributed by atoms with Gasteiger partial charge in [0.2, 0.25) is 12.5 Å². The molecule has 0 aromatic heterocycles. The molecule has 1 aromatic carbocycles. The van der Waals surface area contributed by atoms with Crippen LogP contribution < -0.4 is 9.47 Å². The number of fused-ring (bicyclic) bond motifs is 2. The molecule has 1 aromatic rings. The van der Waals surface area contributed by atoms with Crippen molar-refractivity contribution in [1.29, 1.82) is 0 Å². The molecule has 2 aliphatic rings. The van der Waals surface area contributed by atoms with Crippen LogP contribution in [-0.4, -0.2) is 23.4 Å². The van der Waals surface area contributed by atoms with Crippen LogP contribution in [0.2, 0.25) is 0 Å². The van der Waals surface area contributed by atoms with Crippen molar-refractivity contribution in [3.8, 4) is 11.5 Å². The Hall–Kier alpha value is -2.04. The summed E-state index contributed by atoms with van der Waals surface area (Å²) in [6.07, 6.45) is 0.213. The number of benzene rings is 1. The molecule has 1 heterocycles. The molecule has 0 unspecified atom stereocenters. The third-order valence-electron chi connectivity index (χ3n) is 2.46. The van der Waals surface area contributed by atoms with Crippen molar-refractivity contribution < 1.29 is 22.2 Å². The molecule has 0 fully saturated rings. The summed E-state index contributed by atoms with van der Waals surface area (Å²) < 4.78 is 24.4. The summed E-state index contributed by atoms with van der Waals surface area (Å²) in [5, 5.41) is 11.6. The molecule has 0 bridgehead atoms. The van der Waals surface area contributed by atoms with E-state index < -0.39 is 6.75 Å². The van der Waals surface area contributed by atoms with Crippen LogP contribution in [0.15, 0.2) is 17.3 Å². The summed E-state index contributed by atoms with van der Waals surface area (Å²) >= 11 is 0. The number of oxime groups is 1. The molecule has 0 saturated carbocycles. The van der Waals surface area contributed by atoms with Crippen LogP contribution in [0.5, 0.6) is 11.5 Å². The highest BCUT2D eigenvalue weighted by atomic mass is 16.7. The van der Waals surface area contributed by atoms with Gasteiger partial charge in [-0.1, -0.05) is 5.16 Å². The Bertz CT molecular complexity index is 568. The Morgan fingerprint density at radius 2 is 2.13 bits per heavy atom. The fourth-order valence-corrected chi connectivity index (χ4v) is 1.73. The Morgan fingerprint density at radius 3 is 2.87 bits per heavy atom. The largest absolute Gasteiger partial charge is 0.454 e. The number of nitrogens with zero attached hydrogens (tertiary/aromatic N) is 1. The molecule has 5 heteroatoms. The number of ketones is 1. The number of Topliss-reactive ketones (excluding diaryl/α,β-unsaturated/α-hetero) is 1. The molecule has 0 saturated heterocycles. The van der Waals surface area contributed by atoms with Gasteiger partial charge in [0.05, 0.1) is 0 Å². The summed E-state index contributed by atoms with van der Waals surface area (Å²) in [5.41, 5.74) is 1.06. The maximum atomic E-state index is 11.7. The van der Waals surface area contributed by atoms with Gasteiger partial charge in [-0.2, -0.15) is 0 Å². The molecule has 15 heavy (non-hydrogen) atoms. The third kappa shape index (κ3) is 1.03. The number of hydrogen-bond acceptors (Lipinski definition) is 5. The van der Waals surface area contributed by atoms with Gasteiger partial charge in [-0.05, 0) is 17.7 Å². The lowest BCUT2D eigenvalue weighted by Gasteiger charge is -1.99. The average Bonchev–Trinajstić information content (AvgIpc) is 2.71. The van der Waals surface area contributed by atoms with Gasteiger partial charge in [0.25, 0.3) is 0 Å². The van der Waals surface area contributed by atoms with Crippen molar-refractivity contribution in [2.24, 2.45) is 5.16 Å². The molecule has 0 spiro atoms. The van der Waals surface area contributed by atoms with E-state index in [0.29, 0.717) is 11.1 Å². The van der Waals surface area contributed by atoms with Gasteiger partial charge < -0.3 is 14.7 Å². The lowest BCUT2D eigenvalue weighted by atomic mass is 10.1. The summed E-state index contributed by atoms with van der Waals surface area (Å²) in [6, 6.07) is 2.95. The first-order chi connectivity index (χ1) is 8.00. The highest BCUT2D eigenvalue weighted by Crippen LogP contribution is 2.37. The average molecular weight is 207 g/mol. The zero-order valence-electron chi connectivity index (χ0n) is 9.48. The summed E-state index contributed by atoms with van der Waals surface area (Å²) in [5.74, 6) is 0.0587. The first kappa shape index (κ1) is 6.44. The van der Waals surface area contributed by atoms with Crippen molar-refractivity contribution in [2.75, 3.05) is 6.75 Å². The van der Waals surface area contributed by atoms with Crippen molar-refractivity contribution >= 4 is 11.5 Å². The van der Waals surface area contributed by atoms with E-state index in [2.05, 4.69) is 5.16 Å². The van der Waals surface area contributed by atoms with Crippen LogP contribution in [0, 0.1) is 0 Å². The number of rotatable bonds is 0. The van der Waals surface area contributed by atoms with Gasteiger partial charge >= 0.3 is 0 Å². The Morgan fingerprint density at radius 1 is 1.40 bits per heavy atom. The topological polar surface area (TPSA) is 68.1 Å². The fourth-order valence-electron chi connectivity index (χ4n) is 1.73. The van der Waals surface area contributed by atoms with Gasteiger partial charge in [-0.3, -0.25) is 4.79 Å². The predicted octanol–water partition coefficient (Wildman–Crippen LogP) is 0.984. The molecule has 1 aliphatic carbocycles. The highest BCUT2D eigenvalue weighted by Gasteiger charge is 2.30. The molecule has 0 amide bonds. The maximum Gasteiger partial charge on any atom is 0.231 e. The molecule has 5 nitrogen and oxygen atoms in total. The van der Waals surface area contributed by atoms with Gasteiger partial charge in [-0.15, -0.1) is 0 Å². The first-order valence-corrected chi connectivity index (χ1v) is 4.31. The van der Waals surface area contributed by atoms with E-state index in [1.165, 1.54) is 12.1 Å². The van der Waals surface area contributed by atoms with E-state index in [1.807, 2.05) is 0 Å². The lowest BCUT2D eigenvalue weighted by Crippen LogP contribution is -2.06. The van der Waals surface area contributed by atoms with Crippen LogP contribution in [0.25, 0.3) is 0 Å². The van der Waals surface area contributed by atoms with E-state index in [9.17, 15) is 4.79 Å². The van der Waals surface area contributed by atoms with E-state index in [-0.39, 0.29) is 29.4 Å². The van der Waals surface area contributed by atoms with Crippen LogP contribution >= 0.6 is 0 Å². The Labute approximate surface area is 87.7 Å². The van der Waals surface area contributed by atoms with Gasteiger partial charge in [-0.25, -0.2) is 0 Å². The standard InChI is InChI=1S/C10H7NO4/c12-10-6-3-9-8(14-4-15-9)2-5(6)1-7(10)11-13/h2-3,13H,1,4H2/b11-7-/i4D2. The normalized spacial score (nSPS) is 25.1. The molecule has 1 aliphatic heterocycles. The molecule has 0 radical (unpaired) electrons. The Balaban J connectivity index is 2.10. The molecule has 76 valence electrons. The lowest BCUT2D eigenvalue weighted by molar-refractivity contribution is 0.106. The zero-order valence-corrected chi connectivity index (χ0v) is 7.48. The van der Waals surface area contributed by atoms with E-state index in [1.54, 1.807) is 0 Å². The number of hydrogen-bond donors (Lipinski definition) is 1. The van der Waals surface area contributed by atoms with Crippen molar-refractivity contribution in [3.63, 3.8) is 0 Å². The minimum Gasteiger partial charge on any atom is -0.454 e. The zero-order chi connectivity index (χ0) is 12.2. The van der Waals surface area contributed by atoms with Crippen LogP contribution in [0.3, 0.4) is 0 Å². The Kier molecular flexibility index (Phi) is 1.17. The molecule has 1 N–H and O–H groups in total. The monoisotopic (exact) mass is 207 g/mol. The maximum absolute atomic E-state index is 11.7. The quantitative estimate of drug-likeness (QED) is 0.508. The SMILES string of the molecule is [2H]C1([2H])Oc2cc3c(cc2O1)C(=O)/C(=N\O)C3. The van der Waals surface area contributed by atoms with Gasteiger partial charge in [0, 0.05) is 12.0 Å². The molecular weight excluding hydrogens is 198 g/mol. The smallest absolute Gasteiger partial charge is 0.231 e. The summed E-state index contributed by atoms with van der Waals surface area (Å²) in [7, 11) is 0. The van der Waals surface area contributed by atoms with E-state index in [0.717, 1.165) is 0 Å². The number of carbonyl (C=O) groups is 1. The minimum atomic E-state index is -2.20.